The van der Waals surface area contributed by atoms with Crippen molar-refractivity contribution >= 4 is 16.9 Å². The molecule has 0 aliphatic carbocycles. The second-order valence-electron chi connectivity index (χ2n) is 5.60. The van der Waals surface area contributed by atoms with Gasteiger partial charge in [0.2, 0.25) is 5.91 Å². The van der Waals surface area contributed by atoms with Crippen LogP contribution in [0.25, 0.3) is 11.0 Å². The van der Waals surface area contributed by atoms with Gasteiger partial charge in [0.15, 0.2) is 0 Å². The highest BCUT2D eigenvalue weighted by molar-refractivity contribution is 5.78. The summed E-state index contributed by atoms with van der Waals surface area (Å²) in [6, 6.07) is 6.52. The molecular formula is C16H21N5O. The minimum Gasteiger partial charge on any atom is -0.339 e. The molecule has 1 aromatic heterocycles. The van der Waals surface area contributed by atoms with E-state index in [0.29, 0.717) is 6.04 Å². The van der Waals surface area contributed by atoms with Crippen LogP contribution < -0.4 is 5.73 Å². The lowest BCUT2D eigenvalue weighted by Crippen LogP contribution is -2.50. The summed E-state index contributed by atoms with van der Waals surface area (Å²) >= 11 is 0. The Balaban J connectivity index is 1.71. The topological polar surface area (TPSA) is 75.4 Å². The van der Waals surface area contributed by atoms with E-state index in [-0.39, 0.29) is 12.5 Å². The van der Waals surface area contributed by atoms with Gasteiger partial charge in [-0.25, -0.2) is 0 Å². The Morgan fingerprint density at radius 1 is 1.18 bits per heavy atom. The quantitative estimate of drug-likeness (QED) is 0.907. The third-order valence-electron chi connectivity index (χ3n) is 4.37. The van der Waals surface area contributed by atoms with Crippen LogP contribution in [0.2, 0.25) is 0 Å². The molecule has 0 spiro atoms. The van der Waals surface area contributed by atoms with Crippen LogP contribution in [0.5, 0.6) is 0 Å². The average molecular weight is 299 g/mol. The first kappa shape index (κ1) is 14.9. The average Bonchev–Trinajstić information content (AvgIpc) is 2.60. The Morgan fingerprint density at radius 2 is 1.86 bits per heavy atom. The molecule has 1 atom stereocenters. The molecule has 1 aliphatic rings. The summed E-state index contributed by atoms with van der Waals surface area (Å²) in [5, 5.41) is 0. The number of carbonyl (C=O) groups excluding carboxylic acids is 1. The second-order valence-corrected chi connectivity index (χ2v) is 5.60. The molecule has 2 heterocycles. The first-order valence-electron chi connectivity index (χ1n) is 7.61. The minimum atomic E-state index is 0.0354. The van der Waals surface area contributed by atoms with Gasteiger partial charge in [0, 0.05) is 44.6 Å². The number of fused-ring (bicyclic) bond motifs is 1. The standard InChI is InChI=1S/C16H21N5O/c1-12(20-6-8-21(9-7-20)16(22)11-17)13-2-3-14-15(10-13)19-5-4-18-14/h2-5,10,12H,6-9,11,17H2,1H3. The van der Waals surface area contributed by atoms with E-state index in [4.69, 9.17) is 5.73 Å². The van der Waals surface area contributed by atoms with Gasteiger partial charge in [0.25, 0.3) is 0 Å². The van der Waals surface area contributed by atoms with Gasteiger partial charge in [-0.15, -0.1) is 0 Å². The number of amides is 1. The Bertz CT molecular complexity index is 666. The first-order chi connectivity index (χ1) is 10.7. The third-order valence-corrected chi connectivity index (χ3v) is 4.37. The van der Waals surface area contributed by atoms with E-state index in [2.05, 4.69) is 33.9 Å². The van der Waals surface area contributed by atoms with E-state index in [0.717, 1.165) is 37.2 Å². The van der Waals surface area contributed by atoms with Crippen molar-refractivity contribution in [2.45, 2.75) is 13.0 Å². The van der Waals surface area contributed by atoms with E-state index in [1.807, 2.05) is 11.0 Å². The number of hydrogen-bond donors (Lipinski definition) is 1. The zero-order valence-corrected chi connectivity index (χ0v) is 12.8. The molecule has 1 amide bonds. The van der Waals surface area contributed by atoms with E-state index in [9.17, 15) is 4.79 Å². The fourth-order valence-electron chi connectivity index (χ4n) is 2.94. The molecule has 22 heavy (non-hydrogen) atoms. The summed E-state index contributed by atoms with van der Waals surface area (Å²) < 4.78 is 0. The van der Waals surface area contributed by atoms with Crippen molar-refractivity contribution < 1.29 is 4.79 Å². The molecule has 0 bridgehead atoms. The van der Waals surface area contributed by atoms with Crippen LogP contribution in [0.3, 0.4) is 0 Å². The maximum atomic E-state index is 11.6. The highest BCUT2D eigenvalue weighted by Crippen LogP contribution is 2.23. The number of aromatic nitrogens is 2. The molecule has 3 rings (SSSR count). The third kappa shape index (κ3) is 2.93. The van der Waals surface area contributed by atoms with Gasteiger partial charge in [-0.1, -0.05) is 6.07 Å². The second kappa shape index (κ2) is 6.37. The molecule has 2 N–H and O–H groups in total. The van der Waals surface area contributed by atoms with Gasteiger partial charge < -0.3 is 10.6 Å². The lowest BCUT2D eigenvalue weighted by Gasteiger charge is -2.38. The zero-order chi connectivity index (χ0) is 15.5. The van der Waals surface area contributed by atoms with Crippen LogP contribution in [-0.4, -0.2) is 58.4 Å². The Kier molecular flexibility index (Phi) is 4.31. The van der Waals surface area contributed by atoms with Gasteiger partial charge in [-0.05, 0) is 24.6 Å². The monoisotopic (exact) mass is 299 g/mol. The highest BCUT2D eigenvalue weighted by atomic mass is 16.2. The SMILES string of the molecule is CC(c1ccc2nccnc2c1)N1CCN(C(=O)CN)CC1. The zero-order valence-electron chi connectivity index (χ0n) is 12.8. The fourth-order valence-corrected chi connectivity index (χ4v) is 2.94. The first-order valence-corrected chi connectivity index (χ1v) is 7.61. The fraction of sp³-hybridized carbons (Fsp3) is 0.438. The van der Waals surface area contributed by atoms with Gasteiger partial charge in [-0.3, -0.25) is 19.7 Å². The molecule has 1 aromatic carbocycles. The van der Waals surface area contributed by atoms with Crippen molar-refractivity contribution in [3.8, 4) is 0 Å². The largest absolute Gasteiger partial charge is 0.339 e. The molecule has 1 unspecified atom stereocenters. The molecule has 1 saturated heterocycles. The van der Waals surface area contributed by atoms with Crippen molar-refractivity contribution in [2.75, 3.05) is 32.7 Å². The van der Waals surface area contributed by atoms with Crippen LogP contribution in [0.1, 0.15) is 18.5 Å². The van der Waals surface area contributed by atoms with Crippen molar-refractivity contribution in [1.29, 1.82) is 0 Å². The number of piperazine rings is 1. The van der Waals surface area contributed by atoms with E-state index < -0.39 is 0 Å². The molecular weight excluding hydrogens is 278 g/mol. The van der Waals surface area contributed by atoms with Crippen LogP contribution in [0.15, 0.2) is 30.6 Å². The number of nitrogens with two attached hydrogens (primary N) is 1. The number of benzene rings is 1. The minimum absolute atomic E-state index is 0.0354. The summed E-state index contributed by atoms with van der Waals surface area (Å²) in [4.78, 5) is 24.5. The normalized spacial score (nSPS) is 17.6. The molecule has 6 heteroatoms. The summed E-state index contributed by atoms with van der Waals surface area (Å²) in [7, 11) is 0. The summed E-state index contributed by atoms with van der Waals surface area (Å²) in [6.45, 7) is 5.51. The molecule has 116 valence electrons. The molecule has 2 aromatic rings. The number of hydrogen-bond acceptors (Lipinski definition) is 5. The van der Waals surface area contributed by atoms with Crippen molar-refractivity contribution in [3.05, 3.63) is 36.2 Å². The summed E-state index contributed by atoms with van der Waals surface area (Å²) in [6.07, 6.45) is 3.42. The maximum Gasteiger partial charge on any atom is 0.236 e. The number of carbonyl (C=O) groups is 1. The summed E-state index contributed by atoms with van der Waals surface area (Å²) in [5.41, 5.74) is 8.49. The van der Waals surface area contributed by atoms with Crippen LogP contribution in [0, 0.1) is 0 Å². The van der Waals surface area contributed by atoms with Gasteiger partial charge in [0.05, 0.1) is 17.6 Å². The number of rotatable bonds is 3. The van der Waals surface area contributed by atoms with Crippen molar-refractivity contribution in [1.82, 2.24) is 19.8 Å². The molecule has 6 nitrogen and oxygen atoms in total. The molecule has 0 saturated carbocycles. The van der Waals surface area contributed by atoms with Crippen LogP contribution >= 0.6 is 0 Å². The van der Waals surface area contributed by atoms with E-state index >= 15 is 0 Å². The lowest BCUT2D eigenvalue weighted by atomic mass is 10.0. The van der Waals surface area contributed by atoms with E-state index in [1.165, 1.54) is 5.56 Å². The highest BCUT2D eigenvalue weighted by Gasteiger charge is 2.24. The van der Waals surface area contributed by atoms with Crippen LogP contribution in [-0.2, 0) is 4.79 Å². The Labute approximate surface area is 129 Å². The smallest absolute Gasteiger partial charge is 0.236 e. The molecule has 0 radical (unpaired) electrons. The van der Waals surface area contributed by atoms with Crippen LogP contribution in [0.4, 0.5) is 0 Å². The van der Waals surface area contributed by atoms with Gasteiger partial charge >= 0.3 is 0 Å². The van der Waals surface area contributed by atoms with Gasteiger partial charge in [0.1, 0.15) is 0 Å². The van der Waals surface area contributed by atoms with E-state index in [1.54, 1.807) is 12.4 Å². The summed E-state index contributed by atoms with van der Waals surface area (Å²) in [5.74, 6) is 0.0354. The van der Waals surface area contributed by atoms with Crippen molar-refractivity contribution in [3.63, 3.8) is 0 Å². The molecule has 1 aliphatic heterocycles. The van der Waals surface area contributed by atoms with Gasteiger partial charge in [-0.2, -0.15) is 0 Å². The molecule has 1 fully saturated rings. The number of nitrogens with zero attached hydrogens (tertiary/aromatic N) is 4. The Morgan fingerprint density at radius 3 is 2.55 bits per heavy atom. The van der Waals surface area contributed by atoms with Crippen molar-refractivity contribution in [2.24, 2.45) is 5.73 Å². The Hall–Kier alpha value is -2.05. The predicted octanol–water partition coefficient (Wildman–Crippen LogP) is 0.794. The maximum absolute atomic E-state index is 11.6. The predicted molar refractivity (Wildman–Crippen MR) is 85.2 cm³/mol. The lowest BCUT2D eigenvalue weighted by molar-refractivity contribution is -0.131.